The average molecular weight is 324 g/mol. The number of allylic oxidation sites excluding steroid dienone is 1. The van der Waals surface area contributed by atoms with Crippen LogP contribution in [-0.2, 0) is 0 Å². The van der Waals surface area contributed by atoms with E-state index in [1.807, 2.05) is 36.4 Å². The van der Waals surface area contributed by atoms with E-state index in [0.29, 0.717) is 29.6 Å². The lowest BCUT2D eigenvalue weighted by Gasteiger charge is -2.16. The van der Waals surface area contributed by atoms with Crippen LogP contribution in [0.3, 0.4) is 0 Å². The van der Waals surface area contributed by atoms with Crippen molar-refractivity contribution >= 4 is 17.4 Å². The second-order valence-electron chi connectivity index (χ2n) is 4.66. The molecule has 114 valence electrons. The normalized spacial score (nSPS) is 12.0. The van der Waals surface area contributed by atoms with Gasteiger partial charge in [0.2, 0.25) is 0 Å². The summed E-state index contributed by atoms with van der Waals surface area (Å²) in [6, 6.07) is 11.3. The molecule has 0 aliphatic carbocycles. The van der Waals surface area contributed by atoms with Gasteiger partial charge in [-0.15, -0.1) is 11.3 Å². The van der Waals surface area contributed by atoms with E-state index in [2.05, 4.69) is 0 Å². The summed E-state index contributed by atoms with van der Waals surface area (Å²) in [5, 5.41) is 17.9. The maximum absolute atomic E-state index is 8.95. The molecular formula is C17H12N2O3S. The predicted octanol–water partition coefficient (Wildman–Crippen LogP) is 3.63. The lowest BCUT2D eigenvalue weighted by atomic mass is 10.1. The number of rotatable bonds is 3. The quantitative estimate of drug-likeness (QED) is 0.806. The highest BCUT2D eigenvalue weighted by Crippen LogP contribution is 2.50. The van der Waals surface area contributed by atoms with Gasteiger partial charge in [-0.25, -0.2) is 0 Å². The number of benzene rings is 1. The summed E-state index contributed by atoms with van der Waals surface area (Å²) in [7, 11) is 1.62. The molecule has 1 aromatic heterocycles. The van der Waals surface area contributed by atoms with Gasteiger partial charge in [0.25, 0.3) is 0 Å². The third-order valence-electron chi connectivity index (χ3n) is 3.29. The van der Waals surface area contributed by atoms with Crippen molar-refractivity contribution in [2.75, 3.05) is 20.3 Å². The van der Waals surface area contributed by atoms with Crippen molar-refractivity contribution in [2.45, 2.75) is 0 Å². The van der Waals surface area contributed by atoms with Gasteiger partial charge < -0.3 is 14.2 Å². The molecule has 0 spiro atoms. The summed E-state index contributed by atoms with van der Waals surface area (Å²) < 4.78 is 16.6. The lowest BCUT2D eigenvalue weighted by molar-refractivity contribution is 0.174. The zero-order chi connectivity index (χ0) is 16.2. The number of nitrogens with zero attached hydrogens (tertiary/aromatic N) is 2. The summed E-state index contributed by atoms with van der Waals surface area (Å²) in [6.45, 7) is 0.917. The largest absolute Gasteiger partial charge is 0.497 e. The highest BCUT2D eigenvalue weighted by Gasteiger charge is 2.24. The fourth-order valence-corrected chi connectivity index (χ4v) is 3.36. The Bertz CT molecular complexity index is 822. The van der Waals surface area contributed by atoms with Crippen LogP contribution in [0, 0.1) is 22.7 Å². The topological polar surface area (TPSA) is 75.3 Å². The molecule has 6 heteroatoms. The van der Waals surface area contributed by atoms with Gasteiger partial charge in [-0.2, -0.15) is 10.5 Å². The molecule has 0 atom stereocenters. The molecule has 0 amide bonds. The fraction of sp³-hybridized carbons (Fsp3) is 0.176. The van der Waals surface area contributed by atoms with Crippen molar-refractivity contribution in [3.63, 3.8) is 0 Å². The Balaban J connectivity index is 2.11. The number of fused-ring (bicyclic) bond motifs is 1. The second kappa shape index (κ2) is 6.43. The van der Waals surface area contributed by atoms with Gasteiger partial charge in [0, 0.05) is 0 Å². The van der Waals surface area contributed by atoms with E-state index in [9.17, 15) is 0 Å². The average Bonchev–Trinajstić information content (AvgIpc) is 2.98. The summed E-state index contributed by atoms with van der Waals surface area (Å²) in [5.74, 6) is 2.02. The number of methoxy groups -OCH3 is 1. The molecule has 0 radical (unpaired) electrons. The molecular weight excluding hydrogens is 312 g/mol. The van der Waals surface area contributed by atoms with Crippen molar-refractivity contribution in [3.8, 4) is 39.8 Å². The minimum absolute atomic E-state index is 0.0319. The number of hydrogen-bond donors (Lipinski definition) is 0. The molecule has 5 nitrogen and oxygen atoms in total. The van der Waals surface area contributed by atoms with Crippen LogP contribution in [0.5, 0.6) is 17.2 Å². The molecule has 0 saturated carbocycles. The zero-order valence-corrected chi connectivity index (χ0v) is 13.1. The fourth-order valence-electron chi connectivity index (χ4n) is 2.22. The maximum Gasteiger partial charge on any atom is 0.180 e. The first-order valence-corrected chi connectivity index (χ1v) is 7.67. The van der Waals surface area contributed by atoms with E-state index in [0.717, 1.165) is 16.2 Å². The Hall–Kier alpha value is -2.96. The Labute approximate surface area is 137 Å². The zero-order valence-electron chi connectivity index (χ0n) is 12.3. The SMILES string of the molecule is COc1ccc(-c2sc(C=C(C#N)C#N)c3c2OCCO3)cc1. The van der Waals surface area contributed by atoms with Crippen LogP contribution >= 0.6 is 11.3 Å². The molecule has 1 aromatic carbocycles. The third-order valence-corrected chi connectivity index (χ3v) is 4.44. The molecule has 0 N–H and O–H groups in total. The smallest absolute Gasteiger partial charge is 0.180 e. The van der Waals surface area contributed by atoms with E-state index in [1.165, 1.54) is 17.4 Å². The number of hydrogen-bond acceptors (Lipinski definition) is 6. The van der Waals surface area contributed by atoms with Gasteiger partial charge in [0.05, 0.1) is 16.9 Å². The van der Waals surface area contributed by atoms with Crippen LogP contribution in [-0.4, -0.2) is 20.3 Å². The minimum Gasteiger partial charge on any atom is -0.497 e. The van der Waals surface area contributed by atoms with E-state index in [4.69, 9.17) is 24.7 Å². The van der Waals surface area contributed by atoms with Gasteiger partial charge in [-0.1, -0.05) is 0 Å². The predicted molar refractivity (Wildman–Crippen MR) is 86.5 cm³/mol. The van der Waals surface area contributed by atoms with Gasteiger partial charge >= 0.3 is 0 Å². The van der Waals surface area contributed by atoms with Gasteiger partial charge in [0.15, 0.2) is 11.5 Å². The van der Waals surface area contributed by atoms with Crippen LogP contribution < -0.4 is 14.2 Å². The monoisotopic (exact) mass is 324 g/mol. The highest BCUT2D eigenvalue weighted by atomic mass is 32.1. The first-order chi connectivity index (χ1) is 11.3. The molecule has 3 rings (SSSR count). The van der Waals surface area contributed by atoms with Crippen LogP contribution in [0.25, 0.3) is 16.5 Å². The van der Waals surface area contributed by atoms with Gasteiger partial charge in [0.1, 0.15) is 36.7 Å². The highest BCUT2D eigenvalue weighted by molar-refractivity contribution is 7.17. The maximum atomic E-state index is 8.95. The van der Waals surface area contributed by atoms with Crippen LogP contribution in [0.1, 0.15) is 4.88 Å². The molecule has 2 heterocycles. The van der Waals surface area contributed by atoms with Gasteiger partial charge in [-0.05, 0) is 35.9 Å². The number of thiophene rings is 1. The second-order valence-corrected chi connectivity index (χ2v) is 5.71. The summed E-state index contributed by atoms with van der Waals surface area (Å²) in [4.78, 5) is 1.62. The van der Waals surface area contributed by atoms with Crippen molar-refractivity contribution < 1.29 is 14.2 Å². The third kappa shape index (κ3) is 2.85. The molecule has 0 fully saturated rings. The van der Waals surface area contributed by atoms with Crippen LogP contribution in [0.4, 0.5) is 0 Å². The summed E-state index contributed by atoms with van der Waals surface area (Å²) >= 11 is 1.43. The van der Waals surface area contributed by atoms with Crippen molar-refractivity contribution in [1.29, 1.82) is 10.5 Å². The molecule has 0 bridgehead atoms. The Morgan fingerprint density at radius 1 is 1.13 bits per heavy atom. The Morgan fingerprint density at radius 2 is 1.78 bits per heavy atom. The van der Waals surface area contributed by atoms with E-state index >= 15 is 0 Å². The van der Waals surface area contributed by atoms with E-state index < -0.39 is 0 Å². The van der Waals surface area contributed by atoms with E-state index in [-0.39, 0.29) is 5.57 Å². The minimum atomic E-state index is 0.0319. The molecule has 2 aromatic rings. The molecule has 1 aliphatic rings. The first-order valence-electron chi connectivity index (χ1n) is 6.85. The van der Waals surface area contributed by atoms with E-state index in [1.54, 1.807) is 7.11 Å². The standard InChI is InChI=1S/C17H12N2O3S/c1-20-13-4-2-12(3-5-13)17-16-15(21-6-7-22-16)14(23-17)8-11(9-18)10-19/h2-5,8H,6-7H2,1H3. The Kier molecular flexibility index (Phi) is 4.18. The van der Waals surface area contributed by atoms with Crippen LogP contribution in [0.15, 0.2) is 29.8 Å². The Morgan fingerprint density at radius 3 is 2.39 bits per heavy atom. The van der Waals surface area contributed by atoms with Crippen molar-refractivity contribution in [1.82, 2.24) is 0 Å². The molecule has 1 aliphatic heterocycles. The molecule has 23 heavy (non-hydrogen) atoms. The molecule has 0 unspecified atom stereocenters. The molecule has 0 saturated heterocycles. The van der Waals surface area contributed by atoms with Crippen molar-refractivity contribution in [2.24, 2.45) is 0 Å². The number of nitriles is 2. The number of ether oxygens (including phenoxy) is 3. The summed E-state index contributed by atoms with van der Waals surface area (Å²) in [6.07, 6.45) is 1.53. The lowest BCUT2D eigenvalue weighted by Crippen LogP contribution is -2.14. The summed E-state index contributed by atoms with van der Waals surface area (Å²) in [5.41, 5.74) is 0.997. The van der Waals surface area contributed by atoms with Gasteiger partial charge in [-0.3, -0.25) is 0 Å². The van der Waals surface area contributed by atoms with Crippen molar-refractivity contribution in [3.05, 3.63) is 34.7 Å². The first kappa shape index (κ1) is 15.0. The van der Waals surface area contributed by atoms with Crippen LogP contribution in [0.2, 0.25) is 0 Å².